The molecule has 2 heterocycles. The number of rotatable bonds is 2. The molecular formula is C17H18F3N3O3. The molecule has 2 aliphatic rings. The van der Waals surface area contributed by atoms with Crippen LogP contribution >= 0.6 is 0 Å². The van der Waals surface area contributed by atoms with Gasteiger partial charge in [-0.05, 0) is 12.1 Å². The minimum Gasteiger partial charge on any atom is -0.339 e. The second kappa shape index (κ2) is 6.97. The molecule has 0 radical (unpaired) electrons. The summed E-state index contributed by atoms with van der Waals surface area (Å²) in [6, 6.07) is 1.74. The molecule has 2 fully saturated rings. The van der Waals surface area contributed by atoms with Crippen molar-refractivity contribution in [2.75, 3.05) is 37.6 Å². The van der Waals surface area contributed by atoms with Gasteiger partial charge in [-0.3, -0.25) is 14.4 Å². The molecule has 0 N–H and O–H groups in total. The summed E-state index contributed by atoms with van der Waals surface area (Å²) in [5.74, 6) is -5.95. The highest BCUT2D eigenvalue weighted by Gasteiger charge is 2.39. The number of hydrogen-bond donors (Lipinski definition) is 0. The molecule has 3 rings (SSSR count). The maximum Gasteiger partial charge on any atom is 0.228 e. The molecule has 140 valence electrons. The number of anilines is 1. The molecule has 1 unspecified atom stereocenters. The molecule has 2 aliphatic heterocycles. The fourth-order valence-corrected chi connectivity index (χ4v) is 3.33. The predicted octanol–water partition coefficient (Wildman–Crippen LogP) is 1.15. The van der Waals surface area contributed by atoms with E-state index in [1.165, 1.54) is 6.92 Å². The molecule has 3 amide bonds. The van der Waals surface area contributed by atoms with E-state index in [1.807, 2.05) is 0 Å². The summed E-state index contributed by atoms with van der Waals surface area (Å²) in [5, 5.41) is 0. The van der Waals surface area contributed by atoms with Crippen LogP contribution in [0.3, 0.4) is 0 Å². The van der Waals surface area contributed by atoms with Gasteiger partial charge in [-0.25, -0.2) is 13.2 Å². The normalized spacial score (nSPS) is 20.7. The smallest absolute Gasteiger partial charge is 0.228 e. The van der Waals surface area contributed by atoms with E-state index in [-0.39, 0.29) is 30.5 Å². The number of hydrogen-bond acceptors (Lipinski definition) is 3. The van der Waals surface area contributed by atoms with Gasteiger partial charge in [-0.1, -0.05) is 0 Å². The molecule has 9 heteroatoms. The first-order valence-electron chi connectivity index (χ1n) is 8.27. The van der Waals surface area contributed by atoms with Crippen LogP contribution in [-0.4, -0.2) is 60.2 Å². The second-order valence-electron chi connectivity index (χ2n) is 6.43. The molecule has 0 saturated carbocycles. The first-order chi connectivity index (χ1) is 12.3. The highest BCUT2D eigenvalue weighted by Crippen LogP contribution is 2.30. The zero-order valence-corrected chi connectivity index (χ0v) is 14.2. The fraction of sp³-hybridized carbons (Fsp3) is 0.471. The summed E-state index contributed by atoms with van der Waals surface area (Å²) in [6.45, 7) is 2.94. The molecular weight excluding hydrogens is 351 g/mol. The van der Waals surface area contributed by atoms with Gasteiger partial charge in [0.2, 0.25) is 17.7 Å². The largest absolute Gasteiger partial charge is 0.339 e. The second-order valence-corrected chi connectivity index (χ2v) is 6.43. The Labute approximate surface area is 148 Å². The average molecular weight is 369 g/mol. The van der Waals surface area contributed by atoms with Gasteiger partial charge in [0.05, 0.1) is 11.6 Å². The van der Waals surface area contributed by atoms with E-state index < -0.39 is 29.3 Å². The summed E-state index contributed by atoms with van der Waals surface area (Å²) in [5.41, 5.74) is -0.370. The van der Waals surface area contributed by atoms with Crippen LogP contribution in [0.4, 0.5) is 18.9 Å². The maximum atomic E-state index is 13.9. The van der Waals surface area contributed by atoms with Crippen molar-refractivity contribution in [3.8, 4) is 0 Å². The summed E-state index contributed by atoms with van der Waals surface area (Å²) >= 11 is 0. The fourth-order valence-electron chi connectivity index (χ4n) is 3.33. The van der Waals surface area contributed by atoms with E-state index in [2.05, 4.69) is 0 Å². The zero-order valence-electron chi connectivity index (χ0n) is 14.2. The molecule has 0 aromatic heterocycles. The molecule has 1 aromatic rings. The van der Waals surface area contributed by atoms with E-state index in [1.54, 1.807) is 9.80 Å². The van der Waals surface area contributed by atoms with Crippen LogP contribution < -0.4 is 4.90 Å². The van der Waals surface area contributed by atoms with Crippen molar-refractivity contribution in [3.05, 3.63) is 29.6 Å². The Morgan fingerprint density at radius 3 is 2.23 bits per heavy atom. The first-order valence-corrected chi connectivity index (χ1v) is 8.27. The minimum absolute atomic E-state index is 0.0619. The average Bonchev–Trinajstić information content (AvgIpc) is 3.01. The van der Waals surface area contributed by atoms with Crippen molar-refractivity contribution < 1.29 is 27.6 Å². The topological polar surface area (TPSA) is 60.9 Å². The van der Waals surface area contributed by atoms with Gasteiger partial charge >= 0.3 is 0 Å². The van der Waals surface area contributed by atoms with Gasteiger partial charge in [0, 0.05) is 46.1 Å². The van der Waals surface area contributed by atoms with Gasteiger partial charge < -0.3 is 14.7 Å². The van der Waals surface area contributed by atoms with Crippen molar-refractivity contribution in [2.24, 2.45) is 5.92 Å². The van der Waals surface area contributed by atoms with Crippen LogP contribution in [0.25, 0.3) is 0 Å². The molecule has 0 bridgehead atoms. The SMILES string of the molecule is CC(=O)N1CCN(C(=O)C2CC(=O)N(c3ccc(F)c(F)c3F)C2)CC1. The number of carbonyl (C=O) groups excluding carboxylic acids is 3. The Balaban J connectivity index is 1.69. The monoisotopic (exact) mass is 369 g/mol. The molecule has 26 heavy (non-hydrogen) atoms. The number of benzene rings is 1. The number of nitrogens with zero attached hydrogens (tertiary/aromatic N) is 3. The summed E-state index contributed by atoms with van der Waals surface area (Å²) in [4.78, 5) is 40.3. The lowest BCUT2D eigenvalue weighted by Crippen LogP contribution is -2.51. The maximum absolute atomic E-state index is 13.9. The molecule has 0 aliphatic carbocycles. The van der Waals surface area contributed by atoms with Crippen LogP contribution in [-0.2, 0) is 14.4 Å². The van der Waals surface area contributed by atoms with Crippen LogP contribution in [0.2, 0.25) is 0 Å². The quantitative estimate of drug-likeness (QED) is 0.735. The number of halogens is 3. The van der Waals surface area contributed by atoms with Crippen molar-refractivity contribution in [2.45, 2.75) is 13.3 Å². The molecule has 0 spiro atoms. The van der Waals surface area contributed by atoms with E-state index in [4.69, 9.17) is 0 Å². The van der Waals surface area contributed by atoms with Crippen LogP contribution in [0.5, 0.6) is 0 Å². The standard InChI is InChI=1S/C17H18F3N3O3/c1-10(24)21-4-6-22(7-5-21)17(26)11-8-14(25)23(9-11)13-3-2-12(18)15(19)16(13)20/h2-3,11H,4-9H2,1H3. The van der Waals surface area contributed by atoms with Crippen LogP contribution in [0.15, 0.2) is 12.1 Å². The van der Waals surface area contributed by atoms with Gasteiger partial charge in [0.1, 0.15) is 0 Å². The zero-order chi connectivity index (χ0) is 19.0. The molecule has 1 atom stereocenters. The van der Waals surface area contributed by atoms with E-state index in [0.29, 0.717) is 26.2 Å². The Morgan fingerprint density at radius 2 is 1.62 bits per heavy atom. The number of piperazine rings is 1. The summed E-state index contributed by atoms with van der Waals surface area (Å²) in [6.07, 6.45) is -0.121. The Bertz CT molecular complexity index is 763. The highest BCUT2D eigenvalue weighted by molar-refractivity contribution is 6.00. The molecule has 2 saturated heterocycles. The lowest BCUT2D eigenvalue weighted by Gasteiger charge is -2.35. The Morgan fingerprint density at radius 1 is 1.00 bits per heavy atom. The van der Waals surface area contributed by atoms with E-state index >= 15 is 0 Å². The van der Waals surface area contributed by atoms with Gasteiger partial charge in [-0.15, -0.1) is 0 Å². The van der Waals surface area contributed by atoms with Crippen molar-refractivity contribution in [1.29, 1.82) is 0 Å². The van der Waals surface area contributed by atoms with Crippen LogP contribution in [0.1, 0.15) is 13.3 Å². The van der Waals surface area contributed by atoms with Gasteiger partial charge in [0.15, 0.2) is 17.5 Å². The van der Waals surface area contributed by atoms with Gasteiger partial charge in [0.25, 0.3) is 0 Å². The third-order valence-corrected chi connectivity index (χ3v) is 4.82. The molecule has 6 nitrogen and oxygen atoms in total. The third kappa shape index (κ3) is 3.25. The lowest BCUT2D eigenvalue weighted by molar-refractivity contribution is -0.141. The first kappa shape index (κ1) is 18.2. The molecule has 1 aromatic carbocycles. The Hall–Kier alpha value is -2.58. The number of carbonyl (C=O) groups is 3. The third-order valence-electron chi connectivity index (χ3n) is 4.82. The Kier molecular flexibility index (Phi) is 4.88. The highest BCUT2D eigenvalue weighted by atomic mass is 19.2. The van der Waals surface area contributed by atoms with Crippen molar-refractivity contribution in [1.82, 2.24) is 9.80 Å². The summed E-state index contributed by atoms with van der Waals surface area (Å²) in [7, 11) is 0. The minimum atomic E-state index is -1.65. The van der Waals surface area contributed by atoms with Crippen molar-refractivity contribution in [3.63, 3.8) is 0 Å². The summed E-state index contributed by atoms with van der Waals surface area (Å²) < 4.78 is 40.4. The van der Waals surface area contributed by atoms with E-state index in [9.17, 15) is 27.6 Å². The van der Waals surface area contributed by atoms with Crippen LogP contribution in [0, 0.1) is 23.4 Å². The predicted molar refractivity (Wildman–Crippen MR) is 85.6 cm³/mol. The van der Waals surface area contributed by atoms with E-state index in [0.717, 1.165) is 17.0 Å². The van der Waals surface area contributed by atoms with Crippen molar-refractivity contribution >= 4 is 23.4 Å². The number of amides is 3. The van der Waals surface area contributed by atoms with Gasteiger partial charge in [-0.2, -0.15) is 0 Å². The lowest BCUT2D eigenvalue weighted by atomic mass is 10.1.